The number of thiophene rings is 1. The van der Waals surface area contributed by atoms with Crippen molar-refractivity contribution in [1.82, 2.24) is 5.32 Å². The van der Waals surface area contributed by atoms with Crippen molar-refractivity contribution in [1.29, 1.82) is 0 Å². The molecule has 1 aromatic carbocycles. The quantitative estimate of drug-likeness (QED) is 0.779. The van der Waals surface area contributed by atoms with Gasteiger partial charge in [-0.15, -0.1) is 11.3 Å². The number of nitrogens with zero attached hydrogens (tertiary/aromatic N) is 2. The number of nitrogens with one attached hydrogen (secondary N) is 1. The van der Waals surface area contributed by atoms with Crippen molar-refractivity contribution in [2.75, 3.05) is 38.3 Å². The average Bonchev–Trinajstić information content (AvgIpc) is 3.01. The molecule has 0 radical (unpaired) electrons. The van der Waals surface area contributed by atoms with Crippen molar-refractivity contribution < 1.29 is 9.53 Å². The molecule has 0 atom stereocenters. The van der Waals surface area contributed by atoms with Gasteiger partial charge in [0.05, 0.1) is 29.7 Å². The Morgan fingerprint density at radius 1 is 1.36 bits per heavy atom. The minimum absolute atomic E-state index is 0.240. The first-order valence-electron chi connectivity index (χ1n) is 7.61. The van der Waals surface area contributed by atoms with Gasteiger partial charge in [-0.25, -0.2) is 4.85 Å². The third kappa shape index (κ3) is 3.46. The fourth-order valence-electron chi connectivity index (χ4n) is 2.71. The molecule has 1 saturated heterocycles. The smallest absolute Gasteiger partial charge is 0.260 e. The van der Waals surface area contributed by atoms with E-state index in [2.05, 4.69) is 15.1 Å². The van der Waals surface area contributed by atoms with E-state index in [1.165, 1.54) is 11.3 Å². The van der Waals surface area contributed by atoms with E-state index < -0.39 is 0 Å². The van der Waals surface area contributed by atoms with Gasteiger partial charge in [0.2, 0.25) is 5.69 Å². The molecule has 2 aromatic rings. The summed E-state index contributed by atoms with van der Waals surface area (Å²) in [5, 5.41) is 4.34. The summed E-state index contributed by atoms with van der Waals surface area (Å²) in [4.78, 5) is 18.7. The van der Waals surface area contributed by atoms with E-state index in [9.17, 15) is 4.79 Å². The zero-order valence-electron chi connectivity index (χ0n) is 13.4. The fraction of sp³-hybridized carbons (Fsp3) is 0.294. The molecule has 0 aliphatic carbocycles. The van der Waals surface area contributed by atoms with Gasteiger partial charge >= 0.3 is 0 Å². The predicted molar refractivity (Wildman–Crippen MR) is 102 cm³/mol. The molecule has 5 nitrogen and oxygen atoms in total. The highest BCUT2D eigenvalue weighted by atomic mass is 35.5. The first-order valence-corrected chi connectivity index (χ1v) is 9.18. The van der Waals surface area contributed by atoms with Crippen LogP contribution in [0, 0.1) is 6.57 Å². The van der Waals surface area contributed by atoms with Crippen LogP contribution in [0.1, 0.15) is 9.67 Å². The molecule has 1 amide bonds. The highest BCUT2D eigenvalue weighted by molar-refractivity contribution is 7.19. The third-order valence-electron chi connectivity index (χ3n) is 3.91. The lowest BCUT2D eigenvalue weighted by molar-refractivity contribution is 0.0967. The van der Waals surface area contributed by atoms with Gasteiger partial charge in [0, 0.05) is 35.7 Å². The number of hydrogen-bond acceptors (Lipinski definition) is 4. The summed E-state index contributed by atoms with van der Waals surface area (Å²) in [6.07, 6.45) is 0. The van der Waals surface area contributed by atoms with Gasteiger partial charge in [-0.1, -0.05) is 29.3 Å². The van der Waals surface area contributed by atoms with E-state index in [0.717, 1.165) is 5.00 Å². The molecule has 1 aliphatic heterocycles. The predicted octanol–water partition coefficient (Wildman–Crippen LogP) is 4.47. The molecule has 130 valence electrons. The van der Waals surface area contributed by atoms with Gasteiger partial charge in [0.15, 0.2) is 0 Å². The number of anilines is 1. The Morgan fingerprint density at radius 2 is 2.08 bits per heavy atom. The Kier molecular flexibility index (Phi) is 5.50. The largest absolute Gasteiger partial charge is 0.378 e. The number of halogens is 2. The second-order valence-corrected chi connectivity index (χ2v) is 7.22. The van der Waals surface area contributed by atoms with Crippen LogP contribution in [-0.2, 0) is 4.74 Å². The summed E-state index contributed by atoms with van der Waals surface area (Å²) in [5.74, 6) is -0.240. The zero-order valence-corrected chi connectivity index (χ0v) is 15.8. The molecule has 8 heteroatoms. The third-order valence-corrected chi connectivity index (χ3v) is 5.70. The van der Waals surface area contributed by atoms with Crippen molar-refractivity contribution in [3.63, 3.8) is 0 Å². The first-order chi connectivity index (χ1) is 12.1. The van der Waals surface area contributed by atoms with Crippen molar-refractivity contribution in [3.05, 3.63) is 44.5 Å². The molecule has 1 N–H and O–H groups in total. The summed E-state index contributed by atoms with van der Waals surface area (Å²) < 4.78 is 5.39. The molecule has 1 aliphatic rings. The second-order valence-electron chi connectivity index (χ2n) is 5.37. The van der Waals surface area contributed by atoms with Crippen LogP contribution in [0.5, 0.6) is 0 Å². The number of rotatable bonds is 3. The normalized spacial score (nSPS) is 14.2. The van der Waals surface area contributed by atoms with Crippen LogP contribution in [0.2, 0.25) is 10.0 Å². The van der Waals surface area contributed by atoms with E-state index in [0.29, 0.717) is 58.0 Å². The number of ether oxygens (including phenoxy) is 1. The monoisotopic (exact) mass is 395 g/mol. The summed E-state index contributed by atoms with van der Waals surface area (Å²) in [7, 11) is 1.57. The Hall–Kier alpha value is -1.78. The Morgan fingerprint density at radius 3 is 2.68 bits per heavy atom. The van der Waals surface area contributed by atoms with E-state index >= 15 is 0 Å². The molecular formula is C17H15Cl2N3O2S. The van der Waals surface area contributed by atoms with Crippen molar-refractivity contribution >= 4 is 51.1 Å². The number of carbonyl (C=O) groups is 1. The second kappa shape index (κ2) is 7.63. The number of hydrogen-bond donors (Lipinski definition) is 1. The maximum absolute atomic E-state index is 12.4. The highest BCUT2D eigenvalue weighted by Crippen LogP contribution is 2.50. The van der Waals surface area contributed by atoms with Gasteiger partial charge < -0.3 is 15.0 Å². The maximum atomic E-state index is 12.4. The fourth-order valence-corrected chi connectivity index (χ4v) is 4.47. The van der Waals surface area contributed by atoms with Gasteiger partial charge in [-0.2, -0.15) is 0 Å². The van der Waals surface area contributed by atoms with Crippen LogP contribution in [-0.4, -0.2) is 39.3 Å². The summed E-state index contributed by atoms with van der Waals surface area (Å²) in [6, 6.07) is 5.07. The molecule has 2 heterocycles. The van der Waals surface area contributed by atoms with Crippen LogP contribution < -0.4 is 10.2 Å². The number of benzene rings is 1. The average molecular weight is 396 g/mol. The van der Waals surface area contributed by atoms with Crippen LogP contribution in [0.4, 0.5) is 10.7 Å². The number of amides is 1. The molecule has 25 heavy (non-hydrogen) atoms. The maximum Gasteiger partial charge on any atom is 0.260 e. The molecule has 3 rings (SSSR count). The standard InChI is InChI=1S/C17H15Cl2N3O2S/c1-20-14-13(11-4-3-10(18)9-12(11)19)15(16(23)21-2)25-17(14)22-5-7-24-8-6-22/h3-4,9H,5-8H2,2H3,(H,21,23). The van der Waals surface area contributed by atoms with Gasteiger partial charge in [0.1, 0.15) is 0 Å². The van der Waals surface area contributed by atoms with Crippen LogP contribution in [0.25, 0.3) is 16.0 Å². The van der Waals surface area contributed by atoms with Gasteiger partial charge in [0.25, 0.3) is 5.91 Å². The zero-order chi connectivity index (χ0) is 18.0. The first kappa shape index (κ1) is 18.0. The highest BCUT2D eigenvalue weighted by Gasteiger charge is 2.28. The Balaban J connectivity index is 2.22. The molecule has 0 bridgehead atoms. The minimum atomic E-state index is -0.240. The van der Waals surface area contributed by atoms with E-state index in [1.54, 1.807) is 25.2 Å². The van der Waals surface area contributed by atoms with Crippen molar-refractivity contribution in [2.24, 2.45) is 0 Å². The van der Waals surface area contributed by atoms with Gasteiger partial charge in [-0.3, -0.25) is 4.79 Å². The molecule has 0 spiro atoms. The molecule has 0 unspecified atom stereocenters. The number of morpholine rings is 1. The van der Waals surface area contributed by atoms with Gasteiger partial charge in [-0.05, 0) is 17.7 Å². The lowest BCUT2D eigenvalue weighted by Crippen LogP contribution is -2.35. The molecule has 1 fully saturated rings. The topological polar surface area (TPSA) is 45.9 Å². The van der Waals surface area contributed by atoms with E-state index in [1.807, 2.05) is 0 Å². The number of carbonyl (C=O) groups excluding carboxylic acids is 1. The van der Waals surface area contributed by atoms with E-state index in [4.69, 9.17) is 34.5 Å². The summed E-state index contributed by atoms with van der Waals surface area (Å²) >= 11 is 13.7. The van der Waals surface area contributed by atoms with Crippen LogP contribution >= 0.6 is 34.5 Å². The lowest BCUT2D eigenvalue weighted by atomic mass is 10.0. The van der Waals surface area contributed by atoms with Crippen molar-refractivity contribution in [3.8, 4) is 11.1 Å². The SMILES string of the molecule is [C-]#[N+]c1c(N2CCOCC2)sc(C(=O)NC)c1-c1ccc(Cl)cc1Cl. The van der Waals surface area contributed by atoms with Crippen LogP contribution in [0.3, 0.4) is 0 Å². The van der Waals surface area contributed by atoms with Crippen molar-refractivity contribution in [2.45, 2.75) is 0 Å². The Bertz CT molecular complexity index is 854. The lowest BCUT2D eigenvalue weighted by Gasteiger charge is -2.28. The van der Waals surface area contributed by atoms with Crippen LogP contribution in [0.15, 0.2) is 18.2 Å². The molecule has 0 saturated carbocycles. The molecule has 1 aromatic heterocycles. The van der Waals surface area contributed by atoms with E-state index in [-0.39, 0.29) is 5.91 Å². The summed E-state index contributed by atoms with van der Waals surface area (Å²) in [5.41, 5.74) is 1.63. The minimum Gasteiger partial charge on any atom is -0.378 e. The molecular weight excluding hydrogens is 381 g/mol. The Labute approximate surface area is 159 Å². The summed E-state index contributed by atoms with van der Waals surface area (Å²) in [6.45, 7) is 10.3.